The Morgan fingerprint density at radius 1 is 1.23 bits per heavy atom. The maximum Gasteiger partial charge on any atom is 0.325 e. The number of amides is 1. The van der Waals surface area contributed by atoms with Crippen LogP contribution in [0.25, 0.3) is 0 Å². The van der Waals surface area contributed by atoms with Crippen LogP contribution in [-0.2, 0) is 16.0 Å². The average molecular weight is 358 g/mol. The van der Waals surface area contributed by atoms with Gasteiger partial charge in [0.1, 0.15) is 6.04 Å². The molecule has 5 heteroatoms. The van der Waals surface area contributed by atoms with Crippen molar-refractivity contribution in [2.75, 3.05) is 26.2 Å². The van der Waals surface area contributed by atoms with Crippen molar-refractivity contribution >= 4 is 11.9 Å². The monoisotopic (exact) mass is 358 g/mol. The predicted octanol–water partition coefficient (Wildman–Crippen LogP) is 3.10. The number of piperidine rings is 1. The van der Waals surface area contributed by atoms with E-state index in [0.29, 0.717) is 18.2 Å². The molecule has 2 saturated heterocycles. The fourth-order valence-corrected chi connectivity index (χ4v) is 4.39. The predicted molar refractivity (Wildman–Crippen MR) is 101 cm³/mol. The van der Waals surface area contributed by atoms with Crippen LogP contribution in [0, 0.1) is 5.92 Å². The Labute approximate surface area is 156 Å². The highest BCUT2D eigenvalue weighted by molar-refractivity contribution is 5.78. The number of nitrogens with zero attached hydrogens (tertiary/aromatic N) is 2. The molecule has 5 nitrogen and oxygen atoms in total. The minimum atomic E-state index is -0.757. The molecule has 0 spiro atoms. The summed E-state index contributed by atoms with van der Waals surface area (Å²) >= 11 is 0. The highest BCUT2D eigenvalue weighted by Gasteiger charge is 2.32. The van der Waals surface area contributed by atoms with Gasteiger partial charge in [0.15, 0.2) is 0 Å². The van der Waals surface area contributed by atoms with Crippen molar-refractivity contribution in [3.05, 3.63) is 35.4 Å². The molecule has 0 aromatic heterocycles. The molecule has 1 amide bonds. The first kappa shape index (κ1) is 18.9. The van der Waals surface area contributed by atoms with Gasteiger partial charge in [-0.05, 0) is 62.2 Å². The Balaban J connectivity index is 1.58. The number of carboxylic acid groups (broad SMARTS) is 1. The summed E-state index contributed by atoms with van der Waals surface area (Å²) in [4.78, 5) is 27.8. The number of aryl methyl sites for hydroxylation is 1. The Kier molecular flexibility index (Phi) is 6.30. The summed E-state index contributed by atoms with van der Waals surface area (Å²) in [5.74, 6) is 0.132. The number of carbonyl (C=O) groups is 2. The number of carboxylic acids is 1. The number of hydrogen-bond donors (Lipinski definition) is 1. The van der Waals surface area contributed by atoms with Gasteiger partial charge in [0, 0.05) is 19.5 Å². The minimum Gasteiger partial charge on any atom is -0.480 e. The van der Waals surface area contributed by atoms with Crippen LogP contribution in [0.2, 0.25) is 0 Å². The first-order chi connectivity index (χ1) is 12.6. The zero-order valence-corrected chi connectivity index (χ0v) is 15.7. The van der Waals surface area contributed by atoms with Gasteiger partial charge >= 0.3 is 5.97 Å². The summed E-state index contributed by atoms with van der Waals surface area (Å²) in [6, 6.07) is 7.36. The van der Waals surface area contributed by atoms with Crippen molar-refractivity contribution in [2.24, 2.45) is 5.92 Å². The number of aliphatic carboxylic acids is 1. The van der Waals surface area contributed by atoms with Crippen LogP contribution < -0.4 is 0 Å². The van der Waals surface area contributed by atoms with Crippen LogP contribution in [0.3, 0.4) is 0 Å². The van der Waals surface area contributed by atoms with E-state index in [1.807, 2.05) is 29.2 Å². The molecular weight excluding hydrogens is 328 g/mol. The van der Waals surface area contributed by atoms with Gasteiger partial charge < -0.3 is 10.0 Å². The highest BCUT2D eigenvalue weighted by atomic mass is 16.4. The standard InChI is InChI=1S/C21H30N2O3/c1-2-17-6-3-4-7-18(17)20(21(25)26)23-14-10-16(11-15-23)9-13-22-12-5-8-19(22)24/h3-4,6-7,16,20H,2,5,8-15H2,1H3,(H,25,26)/t20-/m0/s1. The van der Waals surface area contributed by atoms with Gasteiger partial charge in [-0.1, -0.05) is 31.2 Å². The Morgan fingerprint density at radius 2 is 1.96 bits per heavy atom. The lowest BCUT2D eigenvalue weighted by Crippen LogP contribution is -2.41. The molecule has 0 unspecified atom stereocenters. The van der Waals surface area contributed by atoms with Gasteiger partial charge in [-0.15, -0.1) is 0 Å². The number of rotatable bonds is 7. The van der Waals surface area contributed by atoms with Gasteiger partial charge in [0.25, 0.3) is 0 Å². The second-order valence-electron chi connectivity index (χ2n) is 7.55. The normalized spacial score (nSPS) is 20.5. The molecular formula is C21H30N2O3. The summed E-state index contributed by atoms with van der Waals surface area (Å²) < 4.78 is 0. The van der Waals surface area contributed by atoms with Crippen LogP contribution >= 0.6 is 0 Å². The van der Waals surface area contributed by atoms with E-state index >= 15 is 0 Å². The van der Waals surface area contributed by atoms with Crippen molar-refractivity contribution in [1.29, 1.82) is 0 Å². The first-order valence-corrected chi connectivity index (χ1v) is 9.92. The Bertz CT molecular complexity index is 638. The first-order valence-electron chi connectivity index (χ1n) is 9.92. The lowest BCUT2D eigenvalue weighted by molar-refractivity contribution is -0.144. The van der Waals surface area contributed by atoms with Gasteiger partial charge in [-0.25, -0.2) is 0 Å². The van der Waals surface area contributed by atoms with Crippen molar-refractivity contribution in [3.63, 3.8) is 0 Å². The third-order valence-corrected chi connectivity index (χ3v) is 5.96. The lowest BCUT2D eigenvalue weighted by Gasteiger charge is -2.36. The quantitative estimate of drug-likeness (QED) is 0.814. The van der Waals surface area contributed by atoms with Gasteiger partial charge in [-0.3, -0.25) is 14.5 Å². The maximum atomic E-state index is 12.0. The van der Waals surface area contributed by atoms with E-state index in [1.54, 1.807) is 0 Å². The van der Waals surface area contributed by atoms with E-state index in [2.05, 4.69) is 11.8 Å². The molecule has 142 valence electrons. The fraction of sp³-hybridized carbons (Fsp3) is 0.619. The summed E-state index contributed by atoms with van der Waals surface area (Å²) in [6.07, 6.45) is 5.62. The molecule has 2 fully saturated rings. The number of hydrogen-bond acceptors (Lipinski definition) is 3. The van der Waals surface area contributed by atoms with Crippen molar-refractivity contribution in [2.45, 2.75) is 51.5 Å². The lowest BCUT2D eigenvalue weighted by atomic mass is 9.90. The van der Waals surface area contributed by atoms with Crippen LogP contribution in [0.4, 0.5) is 0 Å². The third-order valence-electron chi connectivity index (χ3n) is 5.96. The molecule has 2 aliphatic heterocycles. The molecule has 0 bridgehead atoms. The highest BCUT2D eigenvalue weighted by Crippen LogP contribution is 2.31. The summed E-state index contributed by atoms with van der Waals surface area (Å²) in [6.45, 7) is 5.47. The number of carbonyl (C=O) groups excluding carboxylic acids is 1. The van der Waals surface area contributed by atoms with E-state index in [0.717, 1.165) is 69.4 Å². The molecule has 0 aliphatic carbocycles. The van der Waals surface area contributed by atoms with Gasteiger partial charge in [0.05, 0.1) is 0 Å². The van der Waals surface area contributed by atoms with Crippen molar-refractivity contribution < 1.29 is 14.7 Å². The fourth-order valence-electron chi connectivity index (χ4n) is 4.39. The number of benzene rings is 1. The molecule has 26 heavy (non-hydrogen) atoms. The summed E-state index contributed by atoms with van der Waals surface area (Å²) in [5.41, 5.74) is 2.05. The maximum absolute atomic E-state index is 12.0. The van der Waals surface area contributed by atoms with Crippen LogP contribution in [0.1, 0.15) is 56.2 Å². The van der Waals surface area contributed by atoms with Crippen LogP contribution in [0.5, 0.6) is 0 Å². The zero-order chi connectivity index (χ0) is 18.5. The average Bonchev–Trinajstić information content (AvgIpc) is 3.06. The van der Waals surface area contributed by atoms with E-state index in [9.17, 15) is 14.7 Å². The molecule has 1 atom stereocenters. The molecule has 2 aliphatic rings. The second kappa shape index (κ2) is 8.67. The molecule has 1 aromatic carbocycles. The molecule has 1 N–H and O–H groups in total. The third kappa shape index (κ3) is 4.26. The molecule has 2 heterocycles. The van der Waals surface area contributed by atoms with Crippen LogP contribution in [-0.4, -0.2) is 53.0 Å². The van der Waals surface area contributed by atoms with Gasteiger partial charge in [0.2, 0.25) is 5.91 Å². The second-order valence-corrected chi connectivity index (χ2v) is 7.55. The summed E-state index contributed by atoms with van der Waals surface area (Å²) in [7, 11) is 0. The topological polar surface area (TPSA) is 60.9 Å². The van der Waals surface area contributed by atoms with E-state index in [-0.39, 0.29) is 0 Å². The molecule has 1 aromatic rings. The molecule has 0 saturated carbocycles. The largest absolute Gasteiger partial charge is 0.480 e. The molecule has 3 rings (SSSR count). The number of likely N-dealkylation sites (tertiary alicyclic amines) is 2. The smallest absolute Gasteiger partial charge is 0.325 e. The minimum absolute atomic E-state index is 0.296. The summed E-state index contributed by atoms with van der Waals surface area (Å²) in [5, 5.41) is 9.86. The molecule has 0 radical (unpaired) electrons. The van der Waals surface area contributed by atoms with E-state index in [1.165, 1.54) is 0 Å². The van der Waals surface area contributed by atoms with E-state index < -0.39 is 12.0 Å². The SMILES string of the molecule is CCc1ccccc1[C@@H](C(=O)O)N1CCC(CCN2CCCC2=O)CC1. The zero-order valence-electron chi connectivity index (χ0n) is 15.7. The van der Waals surface area contributed by atoms with E-state index in [4.69, 9.17) is 0 Å². The van der Waals surface area contributed by atoms with Crippen LogP contribution in [0.15, 0.2) is 24.3 Å². The van der Waals surface area contributed by atoms with Gasteiger partial charge in [-0.2, -0.15) is 0 Å². The Morgan fingerprint density at radius 3 is 2.58 bits per heavy atom. The van der Waals surface area contributed by atoms with Crippen molar-refractivity contribution in [1.82, 2.24) is 9.80 Å². The van der Waals surface area contributed by atoms with Crippen molar-refractivity contribution in [3.8, 4) is 0 Å². The Hall–Kier alpha value is -1.88.